The maximum absolute atomic E-state index is 13.5. The zero-order valence-corrected chi connectivity index (χ0v) is 23.0. The number of benzene rings is 1. The number of phenolic OH excluding ortho intramolecular Hbond substituents is 1. The molecule has 0 aliphatic heterocycles. The molecule has 6 N–H and O–H groups in total. The van der Waals surface area contributed by atoms with Gasteiger partial charge in [-0.2, -0.15) is 0 Å². The topological polar surface area (TPSA) is 199 Å². The highest BCUT2D eigenvalue weighted by molar-refractivity contribution is 6.24. The van der Waals surface area contributed by atoms with Crippen LogP contribution in [0.1, 0.15) is 46.0 Å². The average molecular weight is 568 g/mol. The van der Waals surface area contributed by atoms with Crippen molar-refractivity contribution >= 4 is 29.2 Å². The summed E-state index contributed by atoms with van der Waals surface area (Å²) in [6.45, 7) is 4.71. The summed E-state index contributed by atoms with van der Waals surface area (Å²) in [7, 11) is 3.10. The van der Waals surface area contributed by atoms with Crippen molar-refractivity contribution in [3.8, 4) is 5.75 Å². The van der Waals surface area contributed by atoms with E-state index in [9.17, 15) is 44.4 Å². The Labute approximate surface area is 236 Å². The monoisotopic (exact) mass is 567 g/mol. The summed E-state index contributed by atoms with van der Waals surface area (Å²) in [6.07, 6.45) is 0.915. The van der Waals surface area contributed by atoms with Crippen molar-refractivity contribution in [3.05, 3.63) is 64.1 Å². The second kappa shape index (κ2) is 10.6. The first kappa shape index (κ1) is 29.7. The quantitative estimate of drug-likeness (QED) is 0.178. The van der Waals surface area contributed by atoms with Gasteiger partial charge in [0.05, 0.1) is 18.2 Å². The number of nitrogens with zero attached hydrogens (tertiary/aromatic N) is 2. The SMILES string of the molecule is C=CCN(CC(=O)c1ccc(O)c2c1C[C@H]1C[C@H]3[C@H](N(C)C)C(O)=C(C(N)=O)C(=O)[C@@]3(O)C(O)=C1CC2=O)C(C)=O. The van der Waals surface area contributed by atoms with Crippen molar-refractivity contribution in [3.63, 3.8) is 0 Å². The molecule has 12 nitrogen and oxygen atoms in total. The van der Waals surface area contributed by atoms with Crippen molar-refractivity contribution in [2.24, 2.45) is 17.6 Å². The number of aliphatic hydroxyl groups excluding tert-OH is 2. The fourth-order valence-electron chi connectivity index (χ4n) is 6.44. The van der Waals surface area contributed by atoms with Crippen LogP contribution in [0, 0.1) is 11.8 Å². The lowest BCUT2D eigenvalue weighted by Crippen LogP contribution is -2.63. The molecule has 0 spiro atoms. The van der Waals surface area contributed by atoms with E-state index in [1.54, 1.807) is 14.1 Å². The molecule has 0 fully saturated rings. The number of carbonyl (C=O) groups excluding carboxylic acids is 5. The van der Waals surface area contributed by atoms with Gasteiger partial charge in [0.1, 0.15) is 22.8 Å². The molecule has 2 amide bonds. The lowest BCUT2D eigenvalue weighted by molar-refractivity contribution is -0.148. The normalized spacial score (nSPS) is 25.7. The number of hydrogen-bond acceptors (Lipinski definition) is 10. The van der Waals surface area contributed by atoms with Gasteiger partial charge in [-0.3, -0.25) is 28.9 Å². The fraction of sp³-hybridized carbons (Fsp3) is 0.414. The largest absolute Gasteiger partial charge is 0.510 e. The van der Waals surface area contributed by atoms with Crippen LogP contribution < -0.4 is 5.73 Å². The first-order valence-corrected chi connectivity index (χ1v) is 13.0. The van der Waals surface area contributed by atoms with E-state index in [1.807, 2.05) is 0 Å². The van der Waals surface area contributed by atoms with Gasteiger partial charge in [0, 0.05) is 31.4 Å². The van der Waals surface area contributed by atoms with Crippen LogP contribution in [-0.4, -0.2) is 98.2 Å². The summed E-state index contributed by atoms with van der Waals surface area (Å²) in [5.41, 5.74) is 2.07. The molecule has 0 radical (unpaired) electrons. The first-order chi connectivity index (χ1) is 19.2. The van der Waals surface area contributed by atoms with Crippen LogP contribution >= 0.6 is 0 Å². The van der Waals surface area contributed by atoms with Crippen LogP contribution in [0.4, 0.5) is 0 Å². The standard InChI is InChI=1S/C29H33N3O9/c1-5-8-32(13(2)33)12-21(36)15-6-7-19(34)22-17(15)9-14-10-18-24(31(3)4)25(37)23(28(30)40)27(39)29(18,41)26(38)16(14)11-20(22)35/h5-7,14,18,24,34,37-38,41H,1,8-12H2,2-4H3,(H2,30,40)/t14-,18-,24-,29-/m0/s1. The van der Waals surface area contributed by atoms with Gasteiger partial charge in [-0.15, -0.1) is 6.58 Å². The van der Waals surface area contributed by atoms with E-state index in [0.717, 1.165) is 0 Å². The Morgan fingerprint density at radius 1 is 1.17 bits per heavy atom. The second-order valence-electron chi connectivity index (χ2n) is 10.9. The number of primary amides is 1. The van der Waals surface area contributed by atoms with Gasteiger partial charge in [0.2, 0.25) is 11.7 Å². The number of nitrogens with two attached hydrogens (primary N) is 1. The molecule has 0 unspecified atom stereocenters. The number of phenols is 1. The molecule has 0 saturated heterocycles. The number of hydrogen-bond donors (Lipinski definition) is 5. The highest BCUT2D eigenvalue weighted by Crippen LogP contribution is 2.51. The molecule has 4 rings (SSSR count). The molecular weight excluding hydrogens is 534 g/mol. The van der Waals surface area contributed by atoms with E-state index in [2.05, 4.69) is 6.58 Å². The molecule has 1 aromatic carbocycles. The van der Waals surface area contributed by atoms with E-state index in [4.69, 9.17) is 5.73 Å². The first-order valence-electron chi connectivity index (χ1n) is 13.0. The van der Waals surface area contributed by atoms with Gasteiger partial charge in [-0.1, -0.05) is 6.08 Å². The van der Waals surface area contributed by atoms with Crippen molar-refractivity contribution in [2.45, 2.75) is 37.8 Å². The van der Waals surface area contributed by atoms with Crippen molar-refractivity contribution < 1.29 is 44.4 Å². The minimum atomic E-state index is -2.65. The molecule has 218 valence electrons. The zero-order valence-electron chi connectivity index (χ0n) is 23.0. The van der Waals surface area contributed by atoms with Crippen LogP contribution in [0.15, 0.2) is 47.5 Å². The highest BCUT2D eigenvalue weighted by Gasteiger charge is 2.62. The van der Waals surface area contributed by atoms with Crippen LogP contribution in [0.25, 0.3) is 0 Å². The van der Waals surface area contributed by atoms with Crippen molar-refractivity contribution in [2.75, 3.05) is 27.2 Å². The van der Waals surface area contributed by atoms with Crippen molar-refractivity contribution in [1.29, 1.82) is 0 Å². The number of fused-ring (bicyclic) bond motifs is 3. The van der Waals surface area contributed by atoms with Gasteiger partial charge in [0.15, 0.2) is 17.2 Å². The lowest BCUT2D eigenvalue weighted by Gasteiger charge is -2.49. The molecule has 0 heterocycles. The summed E-state index contributed by atoms with van der Waals surface area (Å²) in [5, 5.41) is 44.7. The number of amides is 2. The number of ketones is 3. The maximum atomic E-state index is 13.5. The molecule has 12 heteroatoms. The minimum absolute atomic E-state index is 0.0239. The van der Waals surface area contributed by atoms with Crippen LogP contribution in [0.5, 0.6) is 5.75 Å². The smallest absolute Gasteiger partial charge is 0.255 e. The third-order valence-corrected chi connectivity index (χ3v) is 8.33. The third-order valence-electron chi connectivity index (χ3n) is 8.33. The highest BCUT2D eigenvalue weighted by atomic mass is 16.3. The van der Waals surface area contributed by atoms with Gasteiger partial charge in [-0.05, 0) is 56.1 Å². The Hall–Kier alpha value is -4.29. The molecule has 3 aliphatic carbocycles. The number of likely N-dealkylation sites (N-methyl/N-ethyl adjacent to an activating group) is 1. The van der Waals surface area contributed by atoms with Crippen molar-refractivity contribution in [1.82, 2.24) is 9.80 Å². The minimum Gasteiger partial charge on any atom is -0.510 e. The van der Waals surface area contributed by atoms with Crippen LogP contribution in [0.3, 0.4) is 0 Å². The zero-order chi connectivity index (χ0) is 30.5. The summed E-state index contributed by atoms with van der Waals surface area (Å²) in [5.74, 6) is -7.75. The fourth-order valence-corrected chi connectivity index (χ4v) is 6.44. The molecule has 0 bridgehead atoms. The molecule has 0 aromatic heterocycles. The van der Waals surface area contributed by atoms with E-state index in [0.29, 0.717) is 0 Å². The van der Waals surface area contributed by atoms with Gasteiger partial charge < -0.3 is 31.1 Å². The number of Topliss-reactive ketones (excluding diaryl/α,β-unsaturated/α-hetero) is 3. The Balaban J connectivity index is 1.86. The number of aliphatic hydroxyl groups is 3. The predicted molar refractivity (Wildman–Crippen MR) is 145 cm³/mol. The molecular formula is C29H33N3O9. The Kier molecular flexibility index (Phi) is 7.67. The molecule has 1 aromatic rings. The Bertz CT molecular complexity index is 1460. The van der Waals surface area contributed by atoms with Crippen LogP contribution in [-0.2, 0) is 20.8 Å². The molecule has 0 saturated carbocycles. The molecule has 3 aliphatic rings. The van der Waals surface area contributed by atoms with Gasteiger partial charge in [0.25, 0.3) is 5.91 Å². The number of aromatic hydroxyl groups is 1. The van der Waals surface area contributed by atoms with E-state index < -0.39 is 70.2 Å². The number of carbonyl (C=O) groups is 5. The summed E-state index contributed by atoms with van der Waals surface area (Å²) in [4.78, 5) is 67.2. The van der Waals surface area contributed by atoms with Gasteiger partial charge >= 0.3 is 0 Å². The van der Waals surface area contributed by atoms with E-state index >= 15 is 0 Å². The maximum Gasteiger partial charge on any atom is 0.255 e. The molecule has 41 heavy (non-hydrogen) atoms. The van der Waals surface area contributed by atoms with Crippen LogP contribution in [0.2, 0.25) is 0 Å². The Morgan fingerprint density at radius 3 is 2.39 bits per heavy atom. The van der Waals surface area contributed by atoms with Gasteiger partial charge in [-0.25, -0.2) is 0 Å². The third kappa shape index (κ3) is 4.62. The predicted octanol–water partition coefficient (Wildman–Crippen LogP) is 0.728. The summed E-state index contributed by atoms with van der Waals surface area (Å²) < 4.78 is 0. The number of rotatable bonds is 7. The summed E-state index contributed by atoms with van der Waals surface area (Å²) >= 11 is 0. The second-order valence-corrected chi connectivity index (χ2v) is 10.9. The lowest BCUT2D eigenvalue weighted by atomic mass is 9.60. The van der Waals surface area contributed by atoms with E-state index in [1.165, 1.54) is 34.9 Å². The van der Waals surface area contributed by atoms with E-state index in [-0.39, 0.29) is 59.9 Å². The number of allylic oxidation sites excluding steroid dienone is 1. The molecule has 4 atom stereocenters. The Morgan fingerprint density at radius 2 is 1.83 bits per heavy atom. The summed E-state index contributed by atoms with van der Waals surface area (Å²) in [6, 6.07) is 1.47. The average Bonchev–Trinajstić information content (AvgIpc) is 3.02.